The molecule has 2 aromatic carbocycles. The van der Waals surface area contributed by atoms with E-state index in [0.29, 0.717) is 5.69 Å². The quantitative estimate of drug-likeness (QED) is 0.321. The van der Waals surface area contributed by atoms with E-state index in [1.165, 1.54) is 48.1 Å². The van der Waals surface area contributed by atoms with Crippen LogP contribution >= 0.6 is 23.2 Å². The van der Waals surface area contributed by atoms with Crippen LogP contribution in [0.25, 0.3) is 16.9 Å². The minimum absolute atomic E-state index is 0.0158. The maximum atomic E-state index is 14.3. The lowest BCUT2D eigenvalue weighted by Gasteiger charge is -2.12. The second-order valence-corrected chi connectivity index (χ2v) is 8.64. The molecule has 0 spiro atoms. The second-order valence-electron chi connectivity index (χ2n) is 7.82. The number of halogens is 3. The van der Waals surface area contributed by atoms with E-state index < -0.39 is 23.7 Å². The van der Waals surface area contributed by atoms with E-state index >= 15 is 0 Å². The molecular formula is C25H20Cl2FN5O3. The van der Waals surface area contributed by atoms with Crippen molar-refractivity contribution in [2.75, 3.05) is 11.9 Å². The van der Waals surface area contributed by atoms with Crippen molar-refractivity contribution >= 4 is 40.8 Å². The number of nitrogens with one attached hydrogen (secondary N) is 2. The molecule has 0 aliphatic rings. The van der Waals surface area contributed by atoms with Gasteiger partial charge < -0.3 is 15.7 Å². The fourth-order valence-electron chi connectivity index (χ4n) is 3.35. The van der Waals surface area contributed by atoms with Gasteiger partial charge in [-0.15, -0.1) is 0 Å². The van der Waals surface area contributed by atoms with Crippen LogP contribution in [0.15, 0.2) is 66.9 Å². The third-order valence-electron chi connectivity index (χ3n) is 5.06. The van der Waals surface area contributed by atoms with Gasteiger partial charge in [0.15, 0.2) is 5.69 Å². The van der Waals surface area contributed by atoms with E-state index in [1.54, 1.807) is 24.3 Å². The molecule has 0 radical (unpaired) electrons. The molecule has 2 heterocycles. The molecule has 8 nitrogen and oxygen atoms in total. The first kappa shape index (κ1) is 25.3. The van der Waals surface area contributed by atoms with Gasteiger partial charge in [-0.1, -0.05) is 41.4 Å². The highest BCUT2D eigenvalue weighted by Crippen LogP contribution is 2.33. The highest BCUT2D eigenvalue weighted by molar-refractivity contribution is 6.38. The molecule has 36 heavy (non-hydrogen) atoms. The van der Waals surface area contributed by atoms with Crippen molar-refractivity contribution in [1.29, 1.82) is 0 Å². The fraction of sp³-hybridized carbons (Fsp3) is 0.120. The van der Waals surface area contributed by atoms with E-state index in [-0.39, 0.29) is 44.9 Å². The summed E-state index contributed by atoms with van der Waals surface area (Å²) in [5, 5.41) is 19.2. The number of benzene rings is 2. The van der Waals surface area contributed by atoms with Gasteiger partial charge in [-0.25, -0.2) is 9.07 Å². The third-order valence-corrected chi connectivity index (χ3v) is 5.68. The Morgan fingerprint density at radius 3 is 2.50 bits per heavy atom. The summed E-state index contributed by atoms with van der Waals surface area (Å²) >= 11 is 12.6. The number of para-hydroxylation sites is 1. The molecule has 0 fully saturated rings. The van der Waals surface area contributed by atoms with Gasteiger partial charge in [-0.05, 0) is 43.3 Å². The molecule has 0 aliphatic heterocycles. The number of aliphatic hydroxyl groups excluding tert-OH is 1. The maximum Gasteiger partial charge on any atom is 0.271 e. The fourth-order valence-corrected chi connectivity index (χ4v) is 3.91. The minimum atomic E-state index is -0.741. The Hall–Kier alpha value is -3.79. The second kappa shape index (κ2) is 10.9. The number of anilines is 1. The maximum absolute atomic E-state index is 14.3. The van der Waals surface area contributed by atoms with Crippen LogP contribution in [0.2, 0.25) is 10.0 Å². The average molecular weight is 528 g/mol. The molecule has 1 atom stereocenters. The van der Waals surface area contributed by atoms with Crippen molar-refractivity contribution in [3.05, 3.63) is 94.0 Å². The van der Waals surface area contributed by atoms with Crippen LogP contribution in [0, 0.1) is 5.82 Å². The lowest BCUT2D eigenvalue weighted by atomic mass is 10.1. The van der Waals surface area contributed by atoms with Crippen LogP contribution in [0.5, 0.6) is 0 Å². The summed E-state index contributed by atoms with van der Waals surface area (Å²) in [7, 11) is 0. The topological polar surface area (TPSA) is 109 Å². The smallest absolute Gasteiger partial charge is 0.271 e. The average Bonchev–Trinajstić information content (AvgIpc) is 3.27. The lowest BCUT2D eigenvalue weighted by Crippen LogP contribution is -2.30. The number of hydrogen-bond donors (Lipinski definition) is 3. The zero-order valence-electron chi connectivity index (χ0n) is 18.9. The molecule has 4 rings (SSSR count). The number of carbonyl (C=O) groups is 2. The number of amides is 2. The van der Waals surface area contributed by atoms with Crippen LogP contribution in [0.1, 0.15) is 27.8 Å². The third kappa shape index (κ3) is 5.54. The number of aliphatic hydroxyl groups is 1. The molecule has 3 N–H and O–H groups in total. The zero-order valence-corrected chi connectivity index (χ0v) is 20.4. The molecule has 11 heteroatoms. The molecule has 0 aliphatic carbocycles. The van der Waals surface area contributed by atoms with E-state index in [4.69, 9.17) is 23.2 Å². The summed E-state index contributed by atoms with van der Waals surface area (Å²) in [4.78, 5) is 29.8. The number of pyridine rings is 1. The number of rotatable bonds is 7. The van der Waals surface area contributed by atoms with Crippen LogP contribution in [-0.2, 0) is 0 Å². The van der Waals surface area contributed by atoms with Crippen molar-refractivity contribution in [3.8, 4) is 16.9 Å². The summed E-state index contributed by atoms with van der Waals surface area (Å²) in [6, 6.07) is 15.6. The normalized spacial score (nSPS) is 11.7. The summed E-state index contributed by atoms with van der Waals surface area (Å²) in [6.45, 7) is 1.57. The Labute approximate surface area is 215 Å². The van der Waals surface area contributed by atoms with Gasteiger partial charge in [0.25, 0.3) is 11.8 Å². The number of aromatic nitrogens is 3. The van der Waals surface area contributed by atoms with Crippen molar-refractivity contribution in [3.63, 3.8) is 0 Å². The van der Waals surface area contributed by atoms with Crippen LogP contribution in [0.4, 0.5) is 10.2 Å². The Morgan fingerprint density at radius 1 is 1.06 bits per heavy atom. The summed E-state index contributed by atoms with van der Waals surface area (Å²) in [5.74, 6) is -1.59. The first-order valence-electron chi connectivity index (χ1n) is 10.8. The molecule has 0 bridgehead atoms. The van der Waals surface area contributed by atoms with E-state index in [9.17, 15) is 19.1 Å². The summed E-state index contributed by atoms with van der Waals surface area (Å²) in [5.41, 5.74) is 0.787. The van der Waals surface area contributed by atoms with Crippen molar-refractivity contribution in [1.82, 2.24) is 20.1 Å². The largest absolute Gasteiger partial charge is 0.392 e. The van der Waals surface area contributed by atoms with Crippen molar-refractivity contribution in [2.45, 2.75) is 13.0 Å². The molecule has 2 aromatic heterocycles. The van der Waals surface area contributed by atoms with Gasteiger partial charge >= 0.3 is 0 Å². The van der Waals surface area contributed by atoms with Gasteiger partial charge in [0.05, 0.1) is 27.4 Å². The highest BCUT2D eigenvalue weighted by atomic mass is 35.5. The van der Waals surface area contributed by atoms with Crippen molar-refractivity contribution < 1.29 is 19.1 Å². The van der Waals surface area contributed by atoms with Gasteiger partial charge in [-0.2, -0.15) is 5.10 Å². The predicted molar refractivity (Wildman–Crippen MR) is 135 cm³/mol. The first-order valence-corrected chi connectivity index (χ1v) is 11.5. The van der Waals surface area contributed by atoms with Gasteiger partial charge in [0.1, 0.15) is 17.3 Å². The molecule has 184 valence electrons. The Balaban J connectivity index is 1.71. The van der Waals surface area contributed by atoms with Gasteiger partial charge in [0, 0.05) is 24.4 Å². The summed E-state index contributed by atoms with van der Waals surface area (Å²) in [6.07, 6.45) is 0.667. The Kier molecular flexibility index (Phi) is 7.64. The van der Waals surface area contributed by atoms with Crippen LogP contribution in [-0.4, -0.2) is 44.3 Å². The van der Waals surface area contributed by atoms with Gasteiger partial charge in [0.2, 0.25) is 0 Å². The van der Waals surface area contributed by atoms with Crippen LogP contribution < -0.4 is 10.6 Å². The van der Waals surface area contributed by atoms with Crippen LogP contribution in [0.3, 0.4) is 0 Å². The SMILES string of the molecule is C[C@@H](O)CNC(=O)c1cc(NC(=O)c2cc(-c3ncccc3F)c(Cl)cc2Cl)n(-c2ccccc2)n1. The lowest BCUT2D eigenvalue weighted by molar-refractivity contribution is 0.0918. The Morgan fingerprint density at radius 2 is 1.81 bits per heavy atom. The number of carbonyl (C=O) groups excluding carboxylic acids is 2. The van der Waals surface area contributed by atoms with E-state index in [1.807, 2.05) is 6.07 Å². The molecule has 0 unspecified atom stereocenters. The zero-order chi connectivity index (χ0) is 25.8. The first-order chi connectivity index (χ1) is 17.2. The highest BCUT2D eigenvalue weighted by Gasteiger charge is 2.21. The van der Waals surface area contributed by atoms with Crippen molar-refractivity contribution in [2.24, 2.45) is 0 Å². The minimum Gasteiger partial charge on any atom is -0.392 e. The van der Waals surface area contributed by atoms with E-state index in [2.05, 4.69) is 20.7 Å². The number of hydrogen-bond acceptors (Lipinski definition) is 5. The monoisotopic (exact) mass is 527 g/mol. The molecule has 2 amide bonds. The van der Waals surface area contributed by atoms with E-state index in [0.717, 1.165) is 0 Å². The molecule has 0 saturated carbocycles. The number of nitrogens with zero attached hydrogens (tertiary/aromatic N) is 3. The molecular weight excluding hydrogens is 508 g/mol. The molecule has 0 saturated heterocycles. The van der Waals surface area contributed by atoms with Gasteiger partial charge in [-0.3, -0.25) is 14.6 Å². The Bertz CT molecular complexity index is 1430. The summed E-state index contributed by atoms with van der Waals surface area (Å²) < 4.78 is 15.7. The predicted octanol–water partition coefficient (Wildman–Crippen LogP) is 4.74. The standard InChI is InChI=1S/C25H20Cl2FN5O3/c1-14(34)13-30-25(36)21-12-22(33(32-21)15-6-3-2-4-7-15)31-24(35)17-10-16(18(26)11-19(17)27)23-20(28)8-5-9-29-23/h2-12,14,34H,13H2,1H3,(H,30,36)(H,31,35)/t14-/m1/s1. The molecule has 4 aromatic rings.